The summed E-state index contributed by atoms with van der Waals surface area (Å²) in [6.07, 6.45) is 5.07. The number of piperidine rings is 1. The van der Waals surface area contributed by atoms with E-state index in [0.717, 1.165) is 45.2 Å². The van der Waals surface area contributed by atoms with E-state index in [1.807, 2.05) is 6.92 Å². The fraction of sp³-hybridized carbons (Fsp3) is 0.650. The minimum atomic E-state index is -3.44. The van der Waals surface area contributed by atoms with Gasteiger partial charge in [-0.1, -0.05) is 26.7 Å². The molecular formula is C20H33N3O3S. The molecule has 0 saturated carbocycles. The van der Waals surface area contributed by atoms with E-state index >= 15 is 0 Å². The van der Waals surface area contributed by atoms with Gasteiger partial charge in [0.05, 0.1) is 10.9 Å². The lowest BCUT2D eigenvalue weighted by Crippen LogP contribution is -2.42. The van der Waals surface area contributed by atoms with Crippen molar-refractivity contribution in [2.75, 3.05) is 31.5 Å². The lowest BCUT2D eigenvalue weighted by molar-refractivity contribution is -0.120. The van der Waals surface area contributed by atoms with E-state index in [-0.39, 0.29) is 16.8 Å². The van der Waals surface area contributed by atoms with Crippen molar-refractivity contribution >= 4 is 21.6 Å². The van der Waals surface area contributed by atoms with Gasteiger partial charge in [-0.25, -0.2) is 8.42 Å². The highest BCUT2D eigenvalue weighted by atomic mass is 32.2. The summed E-state index contributed by atoms with van der Waals surface area (Å²) >= 11 is 0. The normalized spacial score (nSPS) is 17.0. The number of hydrogen-bond acceptors (Lipinski definition) is 4. The van der Waals surface area contributed by atoms with Gasteiger partial charge in [0.1, 0.15) is 0 Å². The van der Waals surface area contributed by atoms with Crippen LogP contribution in [0.5, 0.6) is 0 Å². The molecule has 1 aliphatic heterocycles. The first-order chi connectivity index (χ1) is 12.9. The van der Waals surface area contributed by atoms with Crippen molar-refractivity contribution in [2.24, 2.45) is 0 Å². The van der Waals surface area contributed by atoms with Gasteiger partial charge >= 0.3 is 0 Å². The molecule has 0 spiro atoms. The van der Waals surface area contributed by atoms with Crippen LogP contribution in [0.1, 0.15) is 52.9 Å². The molecule has 7 heteroatoms. The SMILES string of the molecule is CCCCN(CC)C(C)C(=O)Nc1ccc(S(=O)(=O)N2CCCCC2)cc1. The van der Waals surface area contributed by atoms with E-state index in [0.29, 0.717) is 18.8 Å². The number of unbranched alkanes of at least 4 members (excludes halogenated alkanes) is 1. The highest BCUT2D eigenvalue weighted by Crippen LogP contribution is 2.22. The summed E-state index contributed by atoms with van der Waals surface area (Å²) in [4.78, 5) is 15.0. The number of rotatable bonds is 9. The van der Waals surface area contributed by atoms with Crippen molar-refractivity contribution in [1.82, 2.24) is 9.21 Å². The molecule has 152 valence electrons. The van der Waals surface area contributed by atoms with Crippen LogP contribution in [0.15, 0.2) is 29.2 Å². The molecule has 2 rings (SSSR count). The summed E-state index contributed by atoms with van der Waals surface area (Å²) in [6, 6.07) is 6.28. The predicted octanol–water partition coefficient (Wildman–Crippen LogP) is 3.31. The number of hydrogen-bond donors (Lipinski definition) is 1. The smallest absolute Gasteiger partial charge is 0.243 e. The Kier molecular flexibility index (Phi) is 8.26. The number of nitrogens with one attached hydrogen (secondary N) is 1. The third-order valence-electron chi connectivity index (χ3n) is 5.21. The van der Waals surface area contributed by atoms with Gasteiger partial charge in [0.15, 0.2) is 0 Å². The highest BCUT2D eigenvalue weighted by Gasteiger charge is 2.26. The molecular weight excluding hydrogens is 362 g/mol. The Bertz CT molecular complexity index is 698. The van der Waals surface area contributed by atoms with Gasteiger partial charge in [-0.3, -0.25) is 9.69 Å². The van der Waals surface area contributed by atoms with Crippen LogP contribution in [-0.4, -0.2) is 55.8 Å². The van der Waals surface area contributed by atoms with Gasteiger partial charge in [0, 0.05) is 18.8 Å². The summed E-state index contributed by atoms with van der Waals surface area (Å²) < 4.78 is 26.9. The Morgan fingerprint density at radius 1 is 1.15 bits per heavy atom. The van der Waals surface area contributed by atoms with Crippen molar-refractivity contribution < 1.29 is 13.2 Å². The quantitative estimate of drug-likeness (QED) is 0.696. The van der Waals surface area contributed by atoms with Crippen LogP contribution in [0, 0.1) is 0 Å². The number of likely N-dealkylation sites (N-methyl/N-ethyl adjacent to an activating group) is 1. The lowest BCUT2D eigenvalue weighted by Gasteiger charge is -2.27. The zero-order valence-corrected chi connectivity index (χ0v) is 17.6. The molecule has 1 aromatic carbocycles. The van der Waals surface area contributed by atoms with Crippen molar-refractivity contribution in [3.05, 3.63) is 24.3 Å². The van der Waals surface area contributed by atoms with Crippen LogP contribution < -0.4 is 5.32 Å². The van der Waals surface area contributed by atoms with Gasteiger partial charge in [0.25, 0.3) is 0 Å². The summed E-state index contributed by atoms with van der Waals surface area (Å²) in [5.74, 6) is -0.0698. The van der Waals surface area contributed by atoms with E-state index in [9.17, 15) is 13.2 Å². The summed E-state index contributed by atoms with van der Waals surface area (Å²) in [5, 5.41) is 2.90. The van der Waals surface area contributed by atoms with Crippen LogP contribution in [0.4, 0.5) is 5.69 Å². The Morgan fingerprint density at radius 3 is 2.33 bits per heavy atom. The Morgan fingerprint density at radius 2 is 1.78 bits per heavy atom. The van der Waals surface area contributed by atoms with E-state index < -0.39 is 10.0 Å². The Balaban J connectivity index is 2.01. The first kappa shape index (κ1) is 21.9. The van der Waals surface area contributed by atoms with Gasteiger partial charge in [-0.2, -0.15) is 4.31 Å². The van der Waals surface area contributed by atoms with Crippen molar-refractivity contribution in [1.29, 1.82) is 0 Å². The summed E-state index contributed by atoms with van der Waals surface area (Å²) in [5.41, 5.74) is 0.621. The molecule has 1 unspecified atom stereocenters. The highest BCUT2D eigenvalue weighted by molar-refractivity contribution is 7.89. The van der Waals surface area contributed by atoms with Gasteiger partial charge in [0.2, 0.25) is 15.9 Å². The number of amides is 1. The van der Waals surface area contributed by atoms with Crippen LogP contribution in [0.25, 0.3) is 0 Å². The molecule has 1 fully saturated rings. The first-order valence-corrected chi connectivity index (χ1v) is 11.5. The molecule has 1 aromatic rings. The summed E-state index contributed by atoms with van der Waals surface area (Å²) in [7, 11) is -3.44. The number of benzene rings is 1. The van der Waals surface area contributed by atoms with Gasteiger partial charge in [-0.05, 0) is 63.5 Å². The van der Waals surface area contributed by atoms with Crippen molar-refractivity contribution in [3.63, 3.8) is 0 Å². The van der Waals surface area contributed by atoms with E-state index in [2.05, 4.69) is 24.1 Å². The maximum atomic E-state index is 12.7. The van der Waals surface area contributed by atoms with Crippen LogP contribution >= 0.6 is 0 Å². The van der Waals surface area contributed by atoms with Gasteiger partial charge < -0.3 is 5.32 Å². The summed E-state index contributed by atoms with van der Waals surface area (Å²) in [6.45, 7) is 8.99. The molecule has 27 heavy (non-hydrogen) atoms. The second-order valence-corrected chi connectivity index (χ2v) is 9.07. The molecule has 1 atom stereocenters. The maximum absolute atomic E-state index is 12.7. The van der Waals surface area contributed by atoms with Crippen molar-refractivity contribution in [2.45, 2.75) is 63.8 Å². The average molecular weight is 396 g/mol. The number of carbonyl (C=O) groups is 1. The molecule has 0 aliphatic carbocycles. The predicted molar refractivity (Wildman–Crippen MR) is 109 cm³/mol. The second kappa shape index (κ2) is 10.2. The molecule has 0 bridgehead atoms. The molecule has 1 heterocycles. The van der Waals surface area contributed by atoms with E-state index in [1.54, 1.807) is 28.6 Å². The van der Waals surface area contributed by atoms with Crippen LogP contribution in [0.3, 0.4) is 0 Å². The van der Waals surface area contributed by atoms with Crippen LogP contribution in [0.2, 0.25) is 0 Å². The molecule has 1 aliphatic rings. The second-order valence-electron chi connectivity index (χ2n) is 7.14. The molecule has 1 saturated heterocycles. The first-order valence-electron chi connectivity index (χ1n) is 10.0. The third-order valence-corrected chi connectivity index (χ3v) is 7.12. The topological polar surface area (TPSA) is 69.7 Å². The van der Waals surface area contributed by atoms with E-state index in [4.69, 9.17) is 0 Å². The van der Waals surface area contributed by atoms with Crippen LogP contribution in [-0.2, 0) is 14.8 Å². The molecule has 1 N–H and O–H groups in total. The zero-order valence-electron chi connectivity index (χ0n) is 16.8. The number of anilines is 1. The molecule has 6 nitrogen and oxygen atoms in total. The number of sulfonamides is 1. The molecule has 0 radical (unpaired) electrons. The number of nitrogens with zero attached hydrogens (tertiary/aromatic N) is 2. The minimum absolute atomic E-state index is 0.0698. The molecule has 1 amide bonds. The largest absolute Gasteiger partial charge is 0.325 e. The Hall–Kier alpha value is -1.44. The Labute approximate surface area is 164 Å². The maximum Gasteiger partial charge on any atom is 0.243 e. The zero-order chi connectivity index (χ0) is 19.9. The van der Waals surface area contributed by atoms with Crippen molar-refractivity contribution in [3.8, 4) is 0 Å². The fourth-order valence-corrected chi connectivity index (χ4v) is 4.88. The lowest BCUT2D eigenvalue weighted by atomic mass is 10.2. The van der Waals surface area contributed by atoms with E-state index in [1.165, 1.54) is 0 Å². The standard InChI is InChI=1S/C20H33N3O3S/c1-4-6-14-22(5-2)17(3)20(24)21-18-10-12-19(13-11-18)27(25,26)23-15-8-7-9-16-23/h10-13,17H,4-9,14-16H2,1-3H3,(H,21,24). The third kappa shape index (κ3) is 5.77. The number of carbonyl (C=O) groups excluding carboxylic acids is 1. The monoisotopic (exact) mass is 395 g/mol. The van der Waals surface area contributed by atoms with Gasteiger partial charge in [-0.15, -0.1) is 0 Å². The fourth-order valence-electron chi connectivity index (χ4n) is 3.36. The minimum Gasteiger partial charge on any atom is -0.325 e. The average Bonchev–Trinajstić information content (AvgIpc) is 2.69. The molecule has 0 aromatic heterocycles.